The lowest BCUT2D eigenvalue weighted by molar-refractivity contribution is -0.150. The van der Waals surface area contributed by atoms with Crippen LogP contribution in [0.4, 0.5) is 0 Å². The van der Waals surface area contributed by atoms with E-state index in [1.54, 1.807) is 6.92 Å². The minimum absolute atomic E-state index is 0.229. The van der Waals surface area contributed by atoms with Crippen molar-refractivity contribution in [1.82, 2.24) is 5.32 Å². The van der Waals surface area contributed by atoms with Crippen LogP contribution in [0, 0.1) is 0 Å². The molecule has 110 valence electrons. The molecule has 1 unspecified atom stereocenters. The van der Waals surface area contributed by atoms with Gasteiger partial charge in [-0.1, -0.05) is 37.7 Å². The second-order valence-electron chi connectivity index (χ2n) is 4.74. The van der Waals surface area contributed by atoms with E-state index in [1.165, 1.54) is 12.8 Å². The fraction of sp³-hybridized carbons (Fsp3) is 0.923. The summed E-state index contributed by atoms with van der Waals surface area (Å²) in [6, 6.07) is 0. The topological polar surface area (TPSA) is 87.1 Å². The Morgan fingerprint density at radius 1 is 1.37 bits per heavy atom. The van der Waals surface area contributed by atoms with Gasteiger partial charge in [0.15, 0.2) is 0 Å². The Kier molecular flexibility index (Phi) is 9.94. The first-order valence-electron chi connectivity index (χ1n) is 7.03. The molecule has 0 aliphatic rings. The summed E-state index contributed by atoms with van der Waals surface area (Å²) in [5.74, 6) is -0.229. The standard InChI is InChI=1S/C13H26N4O2/c1-4-6-7-8-9-13(3,12(18)19-5-2)15-10-11-16-17-14/h15H,4-11H2,1-3H3. The molecule has 0 fully saturated rings. The molecule has 0 radical (unpaired) electrons. The molecule has 0 aliphatic heterocycles. The van der Waals surface area contributed by atoms with Crippen molar-refractivity contribution in [2.45, 2.75) is 58.4 Å². The van der Waals surface area contributed by atoms with Gasteiger partial charge in [-0.25, -0.2) is 0 Å². The number of azide groups is 1. The van der Waals surface area contributed by atoms with E-state index >= 15 is 0 Å². The van der Waals surface area contributed by atoms with Gasteiger partial charge in [0.2, 0.25) is 0 Å². The van der Waals surface area contributed by atoms with E-state index in [4.69, 9.17) is 10.3 Å². The molecule has 0 amide bonds. The van der Waals surface area contributed by atoms with E-state index < -0.39 is 5.54 Å². The summed E-state index contributed by atoms with van der Waals surface area (Å²) >= 11 is 0. The van der Waals surface area contributed by atoms with Crippen LogP contribution in [0.2, 0.25) is 0 Å². The lowest BCUT2D eigenvalue weighted by Crippen LogP contribution is -2.51. The molecule has 0 saturated carbocycles. The molecule has 6 nitrogen and oxygen atoms in total. The first kappa shape index (κ1) is 17.7. The van der Waals surface area contributed by atoms with Crippen molar-refractivity contribution < 1.29 is 9.53 Å². The number of esters is 1. The second kappa shape index (κ2) is 10.6. The molecule has 0 heterocycles. The Hall–Kier alpha value is -1.26. The average molecular weight is 270 g/mol. The molecular formula is C13H26N4O2. The molecule has 1 atom stereocenters. The molecule has 6 heteroatoms. The zero-order valence-electron chi connectivity index (χ0n) is 12.3. The van der Waals surface area contributed by atoms with E-state index in [2.05, 4.69) is 22.3 Å². The second-order valence-corrected chi connectivity index (χ2v) is 4.74. The van der Waals surface area contributed by atoms with Crippen molar-refractivity contribution in [3.05, 3.63) is 10.4 Å². The van der Waals surface area contributed by atoms with Gasteiger partial charge in [0.1, 0.15) is 5.54 Å². The van der Waals surface area contributed by atoms with E-state index in [-0.39, 0.29) is 5.97 Å². The first-order chi connectivity index (χ1) is 9.10. The molecule has 0 spiro atoms. The summed E-state index contributed by atoms with van der Waals surface area (Å²) in [4.78, 5) is 14.7. The number of hydrogen-bond donors (Lipinski definition) is 1. The highest BCUT2D eigenvalue weighted by Crippen LogP contribution is 2.17. The van der Waals surface area contributed by atoms with E-state index in [9.17, 15) is 4.79 Å². The molecule has 0 aliphatic carbocycles. The molecular weight excluding hydrogens is 244 g/mol. The summed E-state index contributed by atoms with van der Waals surface area (Å²) < 4.78 is 5.12. The predicted octanol–water partition coefficient (Wildman–Crippen LogP) is 3.18. The van der Waals surface area contributed by atoms with Gasteiger partial charge in [0, 0.05) is 18.0 Å². The van der Waals surface area contributed by atoms with Crippen molar-refractivity contribution in [2.75, 3.05) is 19.7 Å². The third-order valence-electron chi connectivity index (χ3n) is 3.05. The largest absolute Gasteiger partial charge is 0.465 e. The van der Waals surface area contributed by atoms with Crippen LogP contribution in [0.3, 0.4) is 0 Å². The van der Waals surface area contributed by atoms with Crippen LogP contribution in [-0.4, -0.2) is 31.2 Å². The predicted molar refractivity (Wildman–Crippen MR) is 75.8 cm³/mol. The zero-order valence-corrected chi connectivity index (χ0v) is 12.3. The number of rotatable bonds is 11. The highest BCUT2D eigenvalue weighted by Gasteiger charge is 2.33. The van der Waals surface area contributed by atoms with E-state index in [0.29, 0.717) is 19.7 Å². The quantitative estimate of drug-likeness (QED) is 0.206. The monoisotopic (exact) mass is 270 g/mol. The van der Waals surface area contributed by atoms with Crippen molar-refractivity contribution in [1.29, 1.82) is 0 Å². The number of hydrogen-bond acceptors (Lipinski definition) is 4. The molecule has 1 N–H and O–H groups in total. The van der Waals surface area contributed by atoms with Crippen molar-refractivity contribution in [3.8, 4) is 0 Å². The van der Waals surface area contributed by atoms with Crippen LogP contribution in [0.25, 0.3) is 10.4 Å². The fourth-order valence-electron chi connectivity index (χ4n) is 1.88. The zero-order chi connectivity index (χ0) is 14.6. The van der Waals surface area contributed by atoms with Crippen LogP contribution in [0.5, 0.6) is 0 Å². The van der Waals surface area contributed by atoms with Gasteiger partial charge in [-0.05, 0) is 25.8 Å². The van der Waals surface area contributed by atoms with Gasteiger partial charge in [-0.15, -0.1) is 0 Å². The summed E-state index contributed by atoms with van der Waals surface area (Å²) in [6.07, 6.45) is 5.18. The van der Waals surface area contributed by atoms with Crippen LogP contribution in [-0.2, 0) is 9.53 Å². The van der Waals surface area contributed by atoms with Gasteiger partial charge < -0.3 is 10.1 Å². The number of unbranched alkanes of at least 4 members (excludes halogenated alkanes) is 3. The first-order valence-corrected chi connectivity index (χ1v) is 7.03. The lowest BCUT2D eigenvalue weighted by atomic mass is 9.94. The minimum atomic E-state index is -0.686. The van der Waals surface area contributed by atoms with Crippen molar-refractivity contribution >= 4 is 5.97 Å². The van der Waals surface area contributed by atoms with Crippen LogP contribution >= 0.6 is 0 Å². The summed E-state index contributed by atoms with van der Waals surface area (Å²) in [6.45, 7) is 7.00. The maximum Gasteiger partial charge on any atom is 0.326 e. The Morgan fingerprint density at radius 2 is 2.11 bits per heavy atom. The third-order valence-corrected chi connectivity index (χ3v) is 3.05. The highest BCUT2D eigenvalue weighted by molar-refractivity contribution is 5.80. The summed E-state index contributed by atoms with van der Waals surface area (Å²) in [5.41, 5.74) is 7.54. The maximum atomic E-state index is 12.0. The minimum Gasteiger partial charge on any atom is -0.465 e. The van der Waals surface area contributed by atoms with Crippen LogP contribution < -0.4 is 5.32 Å². The Bertz CT molecular complexity index is 303. The number of ether oxygens (including phenoxy) is 1. The van der Waals surface area contributed by atoms with Gasteiger partial charge in [0.05, 0.1) is 6.61 Å². The Balaban J connectivity index is 4.34. The maximum absolute atomic E-state index is 12.0. The third kappa shape index (κ3) is 7.70. The average Bonchev–Trinajstić information content (AvgIpc) is 2.40. The molecule has 0 aromatic heterocycles. The van der Waals surface area contributed by atoms with Crippen LogP contribution in [0.1, 0.15) is 52.9 Å². The van der Waals surface area contributed by atoms with Gasteiger partial charge >= 0.3 is 5.97 Å². The molecule has 0 bridgehead atoms. The Labute approximate surface area is 115 Å². The number of nitrogens with one attached hydrogen (secondary N) is 1. The number of nitrogens with zero attached hydrogens (tertiary/aromatic N) is 3. The highest BCUT2D eigenvalue weighted by atomic mass is 16.5. The fourth-order valence-corrected chi connectivity index (χ4v) is 1.88. The van der Waals surface area contributed by atoms with E-state index in [1.807, 2.05) is 6.92 Å². The molecule has 0 saturated heterocycles. The van der Waals surface area contributed by atoms with Crippen LogP contribution in [0.15, 0.2) is 5.11 Å². The molecule has 0 rings (SSSR count). The molecule has 19 heavy (non-hydrogen) atoms. The normalized spacial score (nSPS) is 13.4. The van der Waals surface area contributed by atoms with Gasteiger partial charge in [-0.3, -0.25) is 4.79 Å². The van der Waals surface area contributed by atoms with Crippen molar-refractivity contribution in [3.63, 3.8) is 0 Å². The SMILES string of the molecule is CCCCCCC(C)(NCCN=[N+]=[N-])C(=O)OCC. The smallest absolute Gasteiger partial charge is 0.326 e. The number of carbonyl (C=O) groups is 1. The van der Waals surface area contributed by atoms with Crippen molar-refractivity contribution in [2.24, 2.45) is 5.11 Å². The Morgan fingerprint density at radius 3 is 2.68 bits per heavy atom. The lowest BCUT2D eigenvalue weighted by Gasteiger charge is -2.28. The van der Waals surface area contributed by atoms with Gasteiger partial charge in [-0.2, -0.15) is 0 Å². The molecule has 0 aromatic carbocycles. The summed E-state index contributed by atoms with van der Waals surface area (Å²) in [5, 5.41) is 6.61. The number of carbonyl (C=O) groups excluding carboxylic acids is 1. The van der Waals surface area contributed by atoms with E-state index in [0.717, 1.165) is 19.3 Å². The van der Waals surface area contributed by atoms with Gasteiger partial charge in [0.25, 0.3) is 0 Å². The molecule has 0 aromatic rings. The summed E-state index contributed by atoms with van der Waals surface area (Å²) in [7, 11) is 0.